The molecule has 0 saturated carbocycles. The van der Waals surface area contributed by atoms with Crippen molar-refractivity contribution >= 4 is 17.9 Å². The summed E-state index contributed by atoms with van der Waals surface area (Å²) in [6.45, 7) is 6.62. The fourth-order valence-electron chi connectivity index (χ4n) is 8.39. The normalized spacial score (nSPS) is 12.3. The second-order valence-electron chi connectivity index (χ2n) is 19.6. The molecule has 67 heavy (non-hydrogen) atoms. The molecule has 0 fully saturated rings. The highest BCUT2D eigenvalue weighted by Gasteiger charge is 2.19. The third-order valence-corrected chi connectivity index (χ3v) is 12.8. The minimum Gasteiger partial charge on any atom is -0.462 e. The maximum atomic E-state index is 12.8. The van der Waals surface area contributed by atoms with E-state index in [-0.39, 0.29) is 31.1 Å². The summed E-state index contributed by atoms with van der Waals surface area (Å²) in [5.41, 5.74) is 0. The lowest BCUT2D eigenvalue weighted by atomic mass is 10.0. The van der Waals surface area contributed by atoms with Crippen LogP contribution < -0.4 is 0 Å². The third kappa shape index (κ3) is 54.2. The van der Waals surface area contributed by atoms with Crippen LogP contribution in [0.5, 0.6) is 0 Å². The maximum Gasteiger partial charge on any atom is 0.306 e. The molecule has 0 N–H and O–H groups in total. The van der Waals surface area contributed by atoms with Gasteiger partial charge in [0.25, 0.3) is 0 Å². The van der Waals surface area contributed by atoms with Gasteiger partial charge in [-0.25, -0.2) is 0 Å². The minimum absolute atomic E-state index is 0.0807. The van der Waals surface area contributed by atoms with Crippen LogP contribution >= 0.6 is 0 Å². The van der Waals surface area contributed by atoms with Gasteiger partial charge in [-0.1, -0.05) is 249 Å². The zero-order chi connectivity index (χ0) is 48.6. The molecule has 0 aromatic carbocycles. The molecule has 0 rings (SSSR count). The molecule has 0 heterocycles. The van der Waals surface area contributed by atoms with Crippen molar-refractivity contribution < 1.29 is 28.6 Å². The van der Waals surface area contributed by atoms with Crippen LogP contribution in [-0.2, 0) is 28.6 Å². The Morgan fingerprint density at radius 2 is 0.537 bits per heavy atom. The van der Waals surface area contributed by atoms with Gasteiger partial charge in [0.2, 0.25) is 0 Å². The van der Waals surface area contributed by atoms with Gasteiger partial charge in [-0.3, -0.25) is 14.4 Å². The maximum absolute atomic E-state index is 12.8. The van der Waals surface area contributed by atoms with Crippen molar-refractivity contribution in [3.63, 3.8) is 0 Å². The van der Waals surface area contributed by atoms with E-state index in [0.29, 0.717) is 19.3 Å². The van der Waals surface area contributed by atoms with Crippen LogP contribution in [-0.4, -0.2) is 37.2 Å². The van der Waals surface area contributed by atoms with E-state index >= 15 is 0 Å². The highest BCUT2D eigenvalue weighted by molar-refractivity contribution is 5.71. The lowest BCUT2D eigenvalue weighted by Gasteiger charge is -2.18. The summed E-state index contributed by atoms with van der Waals surface area (Å²) in [6.07, 6.45) is 68.1. The largest absolute Gasteiger partial charge is 0.462 e. The molecule has 0 radical (unpaired) electrons. The molecule has 0 aromatic heterocycles. The summed E-state index contributed by atoms with van der Waals surface area (Å²) in [7, 11) is 0. The van der Waals surface area contributed by atoms with Gasteiger partial charge in [0, 0.05) is 19.3 Å². The van der Waals surface area contributed by atoms with Crippen LogP contribution in [0, 0.1) is 0 Å². The van der Waals surface area contributed by atoms with Gasteiger partial charge in [-0.2, -0.15) is 0 Å². The highest BCUT2D eigenvalue weighted by Crippen LogP contribution is 2.16. The molecular weight excluding hydrogens is 829 g/mol. The smallest absolute Gasteiger partial charge is 0.306 e. The molecule has 1 atom stereocenters. The lowest BCUT2D eigenvalue weighted by molar-refractivity contribution is -0.167. The van der Waals surface area contributed by atoms with Gasteiger partial charge < -0.3 is 14.2 Å². The fraction of sp³-hybridized carbons (Fsp3) is 0.820. The van der Waals surface area contributed by atoms with Gasteiger partial charge in [0.05, 0.1) is 0 Å². The topological polar surface area (TPSA) is 78.9 Å². The van der Waals surface area contributed by atoms with Gasteiger partial charge in [-0.05, 0) is 83.5 Å². The number of hydrogen-bond acceptors (Lipinski definition) is 6. The van der Waals surface area contributed by atoms with Crippen LogP contribution in [0.15, 0.2) is 48.6 Å². The predicted octanol–water partition coefficient (Wildman–Crippen LogP) is 19.4. The van der Waals surface area contributed by atoms with E-state index in [4.69, 9.17) is 14.2 Å². The number of ether oxygens (including phenoxy) is 3. The quantitative estimate of drug-likeness (QED) is 0.0262. The SMILES string of the molecule is CCCCC/C=C\C/C=C\C/C=C\CCCCCCC(=O)O[C@@H](COC(=O)CCCCCCCCC/C=C\CCCCCCCCCC)COC(=O)CCCCCCCCCCCCCCC. The molecule has 0 aliphatic heterocycles. The molecule has 6 heteroatoms. The molecule has 0 aromatic rings. The van der Waals surface area contributed by atoms with Gasteiger partial charge in [0.1, 0.15) is 13.2 Å². The molecule has 0 aliphatic carbocycles. The van der Waals surface area contributed by atoms with Crippen LogP contribution in [0.2, 0.25) is 0 Å². The van der Waals surface area contributed by atoms with Crippen LogP contribution in [0.1, 0.15) is 303 Å². The van der Waals surface area contributed by atoms with E-state index in [1.807, 2.05) is 0 Å². The molecule has 390 valence electrons. The molecule has 0 unspecified atom stereocenters. The lowest BCUT2D eigenvalue weighted by Crippen LogP contribution is -2.30. The summed E-state index contributed by atoms with van der Waals surface area (Å²) < 4.78 is 16.9. The summed E-state index contributed by atoms with van der Waals surface area (Å²) in [5, 5.41) is 0. The number of hydrogen-bond donors (Lipinski definition) is 0. The van der Waals surface area contributed by atoms with Gasteiger partial charge >= 0.3 is 17.9 Å². The molecular formula is C61H110O6. The van der Waals surface area contributed by atoms with E-state index in [9.17, 15) is 14.4 Å². The van der Waals surface area contributed by atoms with Gasteiger partial charge in [-0.15, -0.1) is 0 Å². The van der Waals surface area contributed by atoms with Crippen molar-refractivity contribution in [2.45, 2.75) is 309 Å². The number of carbonyl (C=O) groups is 3. The first-order chi connectivity index (χ1) is 33.0. The second kappa shape index (κ2) is 56.0. The van der Waals surface area contributed by atoms with Crippen molar-refractivity contribution in [3.8, 4) is 0 Å². The number of carbonyl (C=O) groups excluding carboxylic acids is 3. The van der Waals surface area contributed by atoms with Crippen LogP contribution in [0.25, 0.3) is 0 Å². The van der Waals surface area contributed by atoms with Crippen LogP contribution in [0.4, 0.5) is 0 Å². The number of esters is 3. The summed E-state index contributed by atoms with van der Waals surface area (Å²) >= 11 is 0. The average molecular weight is 940 g/mol. The average Bonchev–Trinajstić information content (AvgIpc) is 3.33. The van der Waals surface area contributed by atoms with E-state index in [1.54, 1.807) is 0 Å². The van der Waals surface area contributed by atoms with Crippen molar-refractivity contribution in [3.05, 3.63) is 48.6 Å². The van der Waals surface area contributed by atoms with E-state index < -0.39 is 6.10 Å². The Morgan fingerprint density at radius 1 is 0.299 bits per heavy atom. The minimum atomic E-state index is -0.784. The molecule has 0 bridgehead atoms. The number of allylic oxidation sites excluding steroid dienone is 8. The zero-order valence-corrected chi connectivity index (χ0v) is 44.7. The first-order valence-electron chi connectivity index (χ1n) is 29.1. The van der Waals surface area contributed by atoms with Crippen molar-refractivity contribution in [2.75, 3.05) is 13.2 Å². The van der Waals surface area contributed by atoms with Crippen LogP contribution in [0.3, 0.4) is 0 Å². The Morgan fingerprint density at radius 3 is 0.881 bits per heavy atom. The van der Waals surface area contributed by atoms with Gasteiger partial charge in [0.15, 0.2) is 6.10 Å². The molecule has 0 saturated heterocycles. The molecule has 0 aliphatic rings. The molecule has 0 spiro atoms. The Balaban J connectivity index is 4.38. The second-order valence-corrected chi connectivity index (χ2v) is 19.6. The Bertz CT molecular complexity index is 1170. The monoisotopic (exact) mass is 939 g/mol. The zero-order valence-electron chi connectivity index (χ0n) is 44.7. The summed E-state index contributed by atoms with van der Waals surface area (Å²) in [5.74, 6) is -0.893. The van der Waals surface area contributed by atoms with Crippen molar-refractivity contribution in [1.29, 1.82) is 0 Å². The Labute approximate surface area is 416 Å². The predicted molar refractivity (Wildman–Crippen MR) is 289 cm³/mol. The first kappa shape index (κ1) is 64.4. The van der Waals surface area contributed by atoms with Crippen molar-refractivity contribution in [2.24, 2.45) is 0 Å². The summed E-state index contributed by atoms with van der Waals surface area (Å²) in [4.78, 5) is 38.1. The number of unbranched alkanes of at least 4 members (excludes halogenated alkanes) is 34. The summed E-state index contributed by atoms with van der Waals surface area (Å²) in [6, 6.07) is 0. The number of rotatable bonds is 53. The van der Waals surface area contributed by atoms with E-state index in [0.717, 1.165) is 83.5 Å². The standard InChI is InChI=1S/C61H110O6/c1-4-7-10-13-16-19-22-25-27-29-30-32-33-36-39-42-45-48-51-54-60(63)66-57-58(56-65-59(62)53-50-47-44-41-38-35-24-21-18-15-12-9-6-3)67-61(64)55-52-49-46-43-40-37-34-31-28-26-23-20-17-14-11-8-5-2/h17,20,26,28-30,34,37,58H,4-16,18-19,21-25,27,31-33,35-36,38-57H2,1-3H3/b20-17-,28-26-,30-29-,37-34-/t58-/m1/s1. The fourth-order valence-corrected chi connectivity index (χ4v) is 8.39. The van der Waals surface area contributed by atoms with E-state index in [1.165, 1.54) is 180 Å². The molecule has 6 nitrogen and oxygen atoms in total. The van der Waals surface area contributed by atoms with E-state index in [2.05, 4.69) is 69.4 Å². The highest BCUT2D eigenvalue weighted by atomic mass is 16.6. The Kier molecular flexibility index (Phi) is 53.8. The van der Waals surface area contributed by atoms with Crippen molar-refractivity contribution in [1.82, 2.24) is 0 Å². The molecule has 0 amide bonds. The first-order valence-corrected chi connectivity index (χ1v) is 29.1. The Hall–Kier alpha value is -2.63. The third-order valence-electron chi connectivity index (χ3n) is 12.8.